The highest BCUT2D eigenvalue weighted by Gasteiger charge is 2.16. The molecule has 0 amide bonds. The zero-order chi connectivity index (χ0) is 8.81. The minimum Gasteiger partial charge on any atom is -0.363 e. The Morgan fingerprint density at radius 1 is 1.42 bits per heavy atom. The van der Waals surface area contributed by atoms with E-state index >= 15 is 0 Å². The van der Waals surface area contributed by atoms with E-state index in [1.165, 1.54) is 19.3 Å². The van der Waals surface area contributed by atoms with Crippen molar-refractivity contribution in [2.24, 2.45) is 5.92 Å². The van der Waals surface area contributed by atoms with E-state index in [4.69, 9.17) is 12.2 Å². The summed E-state index contributed by atoms with van der Waals surface area (Å²) in [5.74, 6) is 0.881. The van der Waals surface area contributed by atoms with Crippen LogP contribution in [0.4, 0.5) is 0 Å². The van der Waals surface area contributed by atoms with Gasteiger partial charge in [0.15, 0.2) is 5.11 Å². The fourth-order valence-electron chi connectivity index (χ4n) is 1.23. The first kappa shape index (κ1) is 9.78. The van der Waals surface area contributed by atoms with Gasteiger partial charge in [-0.05, 0) is 37.4 Å². The highest BCUT2D eigenvalue weighted by Crippen LogP contribution is 2.24. The molecule has 1 aliphatic rings. The smallest absolute Gasteiger partial charge is 0.166 e. The molecule has 2 N–H and O–H groups in total. The largest absolute Gasteiger partial charge is 0.363 e. The first-order chi connectivity index (χ1) is 5.83. The molecule has 0 unspecified atom stereocenters. The molecular formula is C9H18N2S. The summed E-state index contributed by atoms with van der Waals surface area (Å²) in [7, 11) is 0. The van der Waals surface area contributed by atoms with Gasteiger partial charge >= 0.3 is 0 Å². The lowest BCUT2D eigenvalue weighted by Crippen LogP contribution is -2.39. The second kappa shape index (κ2) is 5.36. The second-order valence-electron chi connectivity index (χ2n) is 3.43. The maximum Gasteiger partial charge on any atom is 0.166 e. The summed E-state index contributed by atoms with van der Waals surface area (Å²) in [6, 6.07) is 0. The Kier molecular flexibility index (Phi) is 4.36. The molecule has 0 heterocycles. The maximum absolute atomic E-state index is 5.09. The van der Waals surface area contributed by atoms with Gasteiger partial charge in [-0.2, -0.15) is 0 Å². The molecule has 2 nitrogen and oxygen atoms in total. The number of hydrogen-bond donors (Lipinski definition) is 2. The van der Waals surface area contributed by atoms with Crippen LogP contribution in [0.15, 0.2) is 0 Å². The molecule has 0 aromatic carbocycles. The highest BCUT2D eigenvalue weighted by molar-refractivity contribution is 7.80. The van der Waals surface area contributed by atoms with Crippen molar-refractivity contribution < 1.29 is 0 Å². The molecule has 1 saturated carbocycles. The Labute approximate surface area is 80.1 Å². The molecule has 0 atom stereocenters. The molecule has 1 rings (SSSR count). The molecule has 70 valence electrons. The van der Waals surface area contributed by atoms with Crippen LogP contribution in [-0.2, 0) is 0 Å². The Balaban J connectivity index is 1.94. The van der Waals surface area contributed by atoms with Crippen LogP contribution in [0, 0.1) is 5.92 Å². The third-order valence-electron chi connectivity index (χ3n) is 2.31. The summed E-state index contributed by atoms with van der Waals surface area (Å²) < 4.78 is 0. The normalized spacial score (nSPS) is 16.8. The molecule has 1 fully saturated rings. The minimum absolute atomic E-state index is 0.823. The fourth-order valence-corrected chi connectivity index (χ4v) is 1.42. The lowest BCUT2D eigenvalue weighted by molar-refractivity contribution is 0.315. The quantitative estimate of drug-likeness (QED) is 0.653. The number of hydrogen-bond acceptors (Lipinski definition) is 1. The second-order valence-corrected chi connectivity index (χ2v) is 3.84. The SMILES string of the molecule is CCCNC(=S)NCC1CCC1. The lowest BCUT2D eigenvalue weighted by atomic mass is 9.85. The summed E-state index contributed by atoms with van der Waals surface area (Å²) in [6.07, 6.45) is 5.29. The zero-order valence-corrected chi connectivity index (χ0v) is 8.54. The predicted octanol–water partition coefficient (Wildman–Crippen LogP) is 1.66. The standard InChI is InChI=1S/C9H18N2S/c1-2-6-10-9(12)11-7-8-4-3-5-8/h8H,2-7H2,1H3,(H2,10,11,12). The van der Waals surface area contributed by atoms with Crippen molar-refractivity contribution in [3.63, 3.8) is 0 Å². The first-order valence-corrected chi connectivity index (χ1v) is 5.25. The van der Waals surface area contributed by atoms with Crippen LogP contribution in [0.5, 0.6) is 0 Å². The average molecular weight is 186 g/mol. The summed E-state index contributed by atoms with van der Waals surface area (Å²) in [5, 5.41) is 7.22. The molecule has 0 aromatic rings. The molecule has 12 heavy (non-hydrogen) atoms. The topological polar surface area (TPSA) is 24.1 Å². The van der Waals surface area contributed by atoms with Crippen molar-refractivity contribution in [1.82, 2.24) is 10.6 Å². The van der Waals surface area contributed by atoms with Crippen molar-refractivity contribution in [2.75, 3.05) is 13.1 Å². The van der Waals surface area contributed by atoms with E-state index in [9.17, 15) is 0 Å². The predicted molar refractivity (Wildman–Crippen MR) is 56.2 cm³/mol. The summed E-state index contributed by atoms with van der Waals surface area (Å²) in [5.41, 5.74) is 0. The van der Waals surface area contributed by atoms with Crippen LogP contribution >= 0.6 is 12.2 Å². The van der Waals surface area contributed by atoms with Crippen molar-refractivity contribution in [1.29, 1.82) is 0 Å². The summed E-state index contributed by atoms with van der Waals surface area (Å²) in [4.78, 5) is 0. The van der Waals surface area contributed by atoms with E-state index < -0.39 is 0 Å². The highest BCUT2D eigenvalue weighted by atomic mass is 32.1. The molecule has 0 aliphatic heterocycles. The van der Waals surface area contributed by atoms with Gasteiger partial charge in [0.2, 0.25) is 0 Å². The zero-order valence-electron chi connectivity index (χ0n) is 7.73. The molecule has 3 heteroatoms. The van der Waals surface area contributed by atoms with Gasteiger partial charge in [0, 0.05) is 13.1 Å². The van der Waals surface area contributed by atoms with Gasteiger partial charge in [0.05, 0.1) is 0 Å². The number of nitrogens with one attached hydrogen (secondary N) is 2. The average Bonchev–Trinajstić information content (AvgIpc) is 1.98. The molecule has 0 spiro atoms. The van der Waals surface area contributed by atoms with Crippen LogP contribution in [0.25, 0.3) is 0 Å². The van der Waals surface area contributed by atoms with Crippen molar-refractivity contribution in [3.8, 4) is 0 Å². The van der Waals surface area contributed by atoms with E-state index in [1.807, 2.05) is 0 Å². The van der Waals surface area contributed by atoms with Crippen LogP contribution < -0.4 is 10.6 Å². The molecular weight excluding hydrogens is 168 g/mol. The molecule has 0 bridgehead atoms. The Morgan fingerprint density at radius 2 is 2.17 bits per heavy atom. The van der Waals surface area contributed by atoms with Gasteiger partial charge < -0.3 is 10.6 Å². The molecule has 0 saturated heterocycles. The number of thiocarbonyl (C=S) groups is 1. The van der Waals surface area contributed by atoms with Gasteiger partial charge in [0.1, 0.15) is 0 Å². The summed E-state index contributed by atoms with van der Waals surface area (Å²) >= 11 is 5.09. The van der Waals surface area contributed by atoms with Gasteiger partial charge in [-0.15, -0.1) is 0 Å². The number of rotatable bonds is 4. The van der Waals surface area contributed by atoms with E-state index in [2.05, 4.69) is 17.6 Å². The third-order valence-corrected chi connectivity index (χ3v) is 2.60. The molecule has 0 radical (unpaired) electrons. The van der Waals surface area contributed by atoms with E-state index in [0.29, 0.717) is 0 Å². The van der Waals surface area contributed by atoms with Gasteiger partial charge in [-0.25, -0.2) is 0 Å². The third kappa shape index (κ3) is 3.39. The van der Waals surface area contributed by atoms with E-state index in [0.717, 1.165) is 30.5 Å². The lowest BCUT2D eigenvalue weighted by Gasteiger charge is -2.26. The fraction of sp³-hybridized carbons (Fsp3) is 0.889. The molecule has 0 aromatic heterocycles. The minimum atomic E-state index is 0.823. The van der Waals surface area contributed by atoms with Crippen molar-refractivity contribution >= 4 is 17.3 Å². The first-order valence-electron chi connectivity index (χ1n) is 4.84. The maximum atomic E-state index is 5.09. The van der Waals surface area contributed by atoms with E-state index in [-0.39, 0.29) is 0 Å². The van der Waals surface area contributed by atoms with Crippen LogP contribution in [0.3, 0.4) is 0 Å². The molecule has 1 aliphatic carbocycles. The Morgan fingerprint density at radius 3 is 2.67 bits per heavy atom. The van der Waals surface area contributed by atoms with Crippen molar-refractivity contribution in [3.05, 3.63) is 0 Å². The van der Waals surface area contributed by atoms with Gasteiger partial charge in [-0.1, -0.05) is 13.3 Å². The van der Waals surface area contributed by atoms with Crippen LogP contribution in [0.1, 0.15) is 32.6 Å². The van der Waals surface area contributed by atoms with Gasteiger partial charge in [-0.3, -0.25) is 0 Å². The summed E-state index contributed by atoms with van der Waals surface area (Å²) in [6.45, 7) is 4.19. The van der Waals surface area contributed by atoms with E-state index in [1.54, 1.807) is 0 Å². The monoisotopic (exact) mass is 186 g/mol. The Hall–Kier alpha value is -0.310. The van der Waals surface area contributed by atoms with Crippen LogP contribution in [0.2, 0.25) is 0 Å². The van der Waals surface area contributed by atoms with Gasteiger partial charge in [0.25, 0.3) is 0 Å². The Bertz CT molecular complexity index is 143. The van der Waals surface area contributed by atoms with Crippen LogP contribution in [-0.4, -0.2) is 18.2 Å². The van der Waals surface area contributed by atoms with Crippen molar-refractivity contribution in [2.45, 2.75) is 32.6 Å².